The van der Waals surface area contributed by atoms with Crippen LogP contribution in [0, 0.1) is 5.82 Å². The summed E-state index contributed by atoms with van der Waals surface area (Å²) in [6, 6.07) is 18.8. The van der Waals surface area contributed by atoms with Crippen LogP contribution in [-0.2, 0) is 13.2 Å². The van der Waals surface area contributed by atoms with Gasteiger partial charge in [0.2, 0.25) is 11.6 Å². The van der Waals surface area contributed by atoms with Crippen molar-refractivity contribution in [2.45, 2.75) is 13.2 Å². The molecule has 0 saturated carbocycles. The Kier molecular flexibility index (Phi) is 8.67. The molecule has 2 aromatic heterocycles. The third-order valence-corrected chi connectivity index (χ3v) is 6.43. The number of para-hydroxylation sites is 1. The van der Waals surface area contributed by atoms with Crippen LogP contribution >= 0.6 is 15.9 Å². The number of methoxy groups -OCH3 is 1. The lowest BCUT2D eigenvalue weighted by Gasteiger charge is -2.13. The number of amides is 1. The molecule has 0 unspecified atom stereocenters. The van der Waals surface area contributed by atoms with Gasteiger partial charge in [0.25, 0.3) is 5.91 Å². The van der Waals surface area contributed by atoms with Crippen LogP contribution in [0.15, 0.2) is 80.9 Å². The Hall–Kier alpha value is -5.31. The van der Waals surface area contributed by atoms with Crippen molar-refractivity contribution in [2.75, 3.05) is 18.2 Å². The number of carbonyl (C=O) groups excluding carboxylic acids is 1. The second kappa shape index (κ2) is 12.9. The van der Waals surface area contributed by atoms with E-state index in [9.17, 15) is 9.18 Å². The maximum atomic E-state index is 13.2. The molecule has 0 bridgehead atoms. The summed E-state index contributed by atoms with van der Waals surface area (Å²) in [6.07, 6.45) is 1.43. The number of benzene rings is 3. The first kappa shape index (κ1) is 28.2. The molecule has 214 valence electrons. The second-order valence-corrected chi connectivity index (χ2v) is 9.49. The molecule has 15 heteroatoms. The number of nitrogens with zero attached hydrogens (tertiary/aromatic N) is 6. The average molecular weight is 636 g/mol. The number of hydrazone groups is 1. The number of hydrogen-bond donors (Lipinski definition) is 3. The Bertz CT molecular complexity index is 1710. The lowest BCUT2D eigenvalue weighted by Crippen LogP contribution is -2.21. The van der Waals surface area contributed by atoms with Crippen LogP contribution in [-0.4, -0.2) is 44.5 Å². The SMILES string of the molecule is COc1cc(/C=N\NC(=O)c2nnn(-c3nonc3N)c2CNc2ccccc2)cc(Br)c1OCc1ccc(F)cc1. The molecule has 0 radical (unpaired) electrons. The zero-order valence-corrected chi connectivity index (χ0v) is 23.6. The number of nitrogens with two attached hydrogens (primary N) is 1. The summed E-state index contributed by atoms with van der Waals surface area (Å²) < 4.78 is 31.1. The highest BCUT2D eigenvalue weighted by Crippen LogP contribution is 2.37. The molecule has 4 N–H and O–H groups in total. The van der Waals surface area contributed by atoms with E-state index in [0.29, 0.717) is 27.2 Å². The van der Waals surface area contributed by atoms with Crippen molar-refractivity contribution in [1.29, 1.82) is 0 Å². The number of halogens is 2. The molecule has 0 aliphatic rings. The Morgan fingerprint density at radius 2 is 1.95 bits per heavy atom. The topological polar surface area (TPSA) is 168 Å². The third-order valence-electron chi connectivity index (χ3n) is 5.84. The summed E-state index contributed by atoms with van der Waals surface area (Å²) in [6.45, 7) is 0.357. The van der Waals surface area contributed by atoms with Gasteiger partial charge in [0, 0.05) is 5.69 Å². The first-order valence-electron chi connectivity index (χ1n) is 12.3. The van der Waals surface area contributed by atoms with Crippen molar-refractivity contribution >= 4 is 39.6 Å². The summed E-state index contributed by atoms with van der Waals surface area (Å²) in [5.41, 5.74) is 10.8. The highest BCUT2D eigenvalue weighted by atomic mass is 79.9. The van der Waals surface area contributed by atoms with E-state index < -0.39 is 5.91 Å². The van der Waals surface area contributed by atoms with E-state index >= 15 is 0 Å². The van der Waals surface area contributed by atoms with Crippen molar-refractivity contribution in [1.82, 2.24) is 30.7 Å². The van der Waals surface area contributed by atoms with Gasteiger partial charge in [0.05, 0.1) is 30.0 Å². The largest absolute Gasteiger partial charge is 0.493 e. The molecule has 1 amide bonds. The Morgan fingerprint density at radius 1 is 1.17 bits per heavy atom. The molecule has 0 atom stereocenters. The van der Waals surface area contributed by atoms with Gasteiger partial charge in [-0.3, -0.25) is 4.79 Å². The van der Waals surface area contributed by atoms with Gasteiger partial charge >= 0.3 is 0 Å². The first-order chi connectivity index (χ1) is 20.4. The van der Waals surface area contributed by atoms with Crippen LogP contribution in [0.2, 0.25) is 0 Å². The van der Waals surface area contributed by atoms with Crippen LogP contribution in [0.3, 0.4) is 0 Å². The van der Waals surface area contributed by atoms with Gasteiger partial charge in [0.15, 0.2) is 17.2 Å². The van der Waals surface area contributed by atoms with Crippen molar-refractivity contribution in [2.24, 2.45) is 5.10 Å². The molecule has 0 fully saturated rings. The van der Waals surface area contributed by atoms with E-state index in [1.54, 1.807) is 24.3 Å². The van der Waals surface area contributed by atoms with Gasteiger partial charge in [0.1, 0.15) is 12.4 Å². The molecule has 3 aromatic carbocycles. The van der Waals surface area contributed by atoms with Gasteiger partial charge < -0.3 is 20.5 Å². The third kappa shape index (κ3) is 6.52. The van der Waals surface area contributed by atoms with Gasteiger partial charge in [-0.15, -0.1) is 5.10 Å². The summed E-state index contributed by atoms with van der Waals surface area (Å²) in [7, 11) is 1.50. The quantitative estimate of drug-likeness (QED) is 0.142. The van der Waals surface area contributed by atoms with Gasteiger partial charge in [-0.2, -0.15) is 9.78 Å². The van der Waals surface area contributed by atoms with Crippen molar-refractivity contribution < 1.29 is 23.3 Å². The van der Waals surface area contributed by atoms with Crippen LogP contribution in [0.5, 0.6) is 11.5 Å². The first-order valence-corrected chi connectivity index (χ1v) is 13.1. The normalized spacial score (nSPS) is 11.0. The maximum Gasteiger partial charge on any atom is 0.293 e. The van der Waals surface area contributed by atoms with Crippen molar-refractivity contribution in [3.8, 4) is 17.3 Å². The molecule has 42 heavy (non-hydrogen) atoms. The zero-order valence-electron chi connectivity index (χ0n) is 22.0. The number of ether oxygens (including phenoxy) is 2. The molecule has 5 aromatic rings. The standard InChI is InChI=1S/C27H23BrFN9O4/c1-40-22-12-17(11-20(28)24(22)41-15-16-7-9-18(29)10-8-16)13-32-34-27(39)23-21(14-31-19-5-3-2-4-6-19)38(37-33-23)26-25(30)35-42-36-26/h2-13,31H,14-15H2,1H3,(H2,30,35)(H,34,39)/b32-13-. The molecule has 0 aliphatic carbocycles. The zero-order chi connectivity index (χ0) is 29.5. The van der Waals surface area contributed by atoms with E-state index in [1.807, 2.05) is 30.3 Å². The highest BCUT2D eigenvalue weighted by Gasteiger charge is 2.24. The maximum absolute atomic E-state index is 13.2. The lowest BCUT2D eigenvalue weighted by atomic mass is 10.2. The van der Waals surface area contributed by atoms with E-state index in [1.165, 1.54) is 30.1 Å². The summed E-state index contributed by atoms with van der Waals surface area (Å²) in [5.74, 6) is 0.00806. The predicted octanol–water partition coefficient (Wildman–Crippen LogP) is 4.10. The van der Waals surface area contributed by atoms with Crippen molar-refractivity contribution in [3.05, 3.63) is 99.5 Å². The molecular formula is C27H23BrFN9O4. The van der Waals surface area contributed by atoms with Gasteiger partial charge in [-0.05, 0) is 73.8 Å². The second-order valence-electron chi connectivity index (χ2n) is 8.64. The summed E-state index contributed by atoms with van der Waals surface area (Å²) in [4.78, 5) is 13.1. The minimum absolute atomic E-state index is 0.0127. The summed E-state index contributed by atoms with van der Waals surface area (Å²) >= 11 is 3.48. The van der Waals surface area contributed by atoms with E-state index in [0.717, 1.165) is 11.3 Å². The summed E-state index contributed by atoms with van der Waals surface area (Å²) in [5, 5.41) is 22.6. The van der Waals surface area contributed by atoms with E-state index in [4.69, 9.17) is 15.2 Å². The number of rotatable bonds is 11. The molecule has 0 spiro atoms. The Balaban J connectivity index is 1.31. The highest BCUT2D eigenvalue weighted by molar-refractivity contribution is 9.10. The number of nitrogens with one attached hydrogen (secondary N) is 2. The molecule has 0 saturated heterocycles. The molecule has 13 nitrogen and oxygen atoms in total. The van der Waals surface area contributed by atoms with Crippen LogP contribution in [0.25, 0.3) is 5.82 Å². The lowest BCUT2D eigenvalue weighted by molar-refractivity contribution is 0.0949. The average Bonchev–Trinajstić information content (AvgIpc) is 3.62. The Morgan fingerprint density at radius 3 is 2.67 bits per heavy atom. The van der Waals surface area contributed by atoms with Crippen LogP contribution < -0.4 is 25.9 Å². The predicted molar refractivity (Wildman–Crippen MR) is 154 cm³/mol. The monoisotopic (exact) mass is 635 g/mol. The Labute approximate surface area is 246 Å². The van der Waals surface area contributed by atoms with Crippen molar-refractivity contribution in [3.63, 3.8) is 0 Å². The number of carbonyl (C=O) groups is 1. The van der Waals surface area contributed by atoms with Gasteiger partial charge in [-0.1, -0.05) is 35.5 Å². The number of anilines is 2. The number of nitrogen functional groups attached to an aromatic ring is 1. The molecule has 0 aliphatic heterocycles. The number of aromatic nitrogens is 5. The van der Waals surface area contributed by atoms with Crippen LogP contribution in [0.4, 0.5) is 15.9 Å². The fourth-order valence-electron chi connectivity index (χ4n) is 3.80. The molecule has 2 heterocycles. The number of hydrogen-bond acceptors (Lipinski definition) is 11. The van der Waals surface area contributed by atoms with E-state index in [2.05, 4.69) is 57.0 Å². The fourth-order valence-corrected chi connectivity index (χ4v) is 4.37. The van der Waals surface area contributed by atoms with Crippen LogP contribution in [0.1, 0.15) is 27.3 Å². The molecule has 5 rings (SSSR count). The minimum Gasteiger partial charge on any atom is -0.493 e. The van der Waals surface area contributed by atoms with Gasteiger partial charge in [-0.25, -0.2) is 14.4 Å². The minimum atomic E-state index is -0.623. The fraction of sp³-hybridized carbons (Fsp3) is 0.111. The smallest absolute Gasteiger partial charge is 0.293 e. The molecular weight excluding hydrogens is 613 g/mol. The van der Waals surface area contributed by atoms with E-state index in [-0.39, 0.29) is 36.3 Å².